The average molecular weight is 700 g/mol. The van der Waals surface area contributed by atoms with Crippen LogP contribution in [-0.4, -0.2) is 91.7 Å². The molecule has 48 heavy (non-hydrogen) atoms. The molecule has 1 saturated heterocycles. The lowest BCUT2D eigenvalue weighted by molar-refractivity contribution is -0.193. The number of likely N-dealkylation sites (tertiary alicyclic amines) is 1. The number of Topliss-reactive ketones (excluding diaryl/α,β-unsaturated/α-hetero) is 1. The molecule has 0 spiro atoms. The Morgan fingerprint density at radius 1 is 0.896 bits per heavy atom. The van der Waals surface area contributed by atoms with Crippen molar-refractivity contribution in [1.29, 1.82) is 5.41 Å². The van der Waals surface area contributed by atoms with Gasteiger partial charge in [-0.25, -0.2) is 14.4 Å². The Morgan fingerprint density at radius 3 is 1.85 bits per heavy atom. The molecular formula is C27H27F6N3O12. The fraction of sp³-hybridized carbons (Fsp3) is 0.370. The summed E-state index contributed by atoms with van der Waals surface area (Å²) < 4.78 is 74.3. The van der Waals surface area contributed by atoms with Crippen LogP contribution in [0.4, 0.5) is 26.3 Å². The number of carbonyl (C=O) groups excluding carboxylic acids is 2. The molecule has 15 nitrogen and oxygen atoms in total. The maximum atomic E-state index is 12.7. The number of carboxylic acid groups (broad SMARTS) is 4. The molecule has 0 unspecified atom stereocenters. The second-order valence-electron chi connectivity index (χ2n) is 9.63. The third-order valence-corrected chi connectivity index (χ3v) is 6.04. The summed E-state index contributed by atoms with van der Waals surface area (Å²) in [6, 6.07) is 8.63. The Balaban J connectivity index is 0.000000687. The lowest BCUT2D eigenvalue weighted by Crippen LogP contribution is -2.37. The zero-order valence-corrected chi connectivity index (χ0v) is 24.2. The number of ether oxygens (including phenoxy) is 1. The molecule has 1 aromatic heterocycles. The molecule has 2 heterocycles. The topological polar surface area (TPSA) is 259 Å². The van der Waals surface area contributed by atoms with Crippen LogP contribution < -0.4 is 10.5 Å². The van der Waals surface area contributed by atoms with E-state index in [4.69, 9.17) is 45.2 Å². The molecule has 0 radical (unpaired) electrons. The number of nitrogens with one attached hydrogen (secondary N) is 1. The first-order chi connectivity index (χ1) is 22.0. The first-order valence-corrected chi connectivity index (χ1v) is 13.1. The Bertz CT molecular complexity index is 1460. The van der Waals surface area contributed by atoms with Gasteiger partial charge in [-0.2, -0.15) is 26.3 Å². The third kappa shape index (κ3) is 13.9. The minimum absolute atomic E-state index is 0.0277. The first kappa shape index (κ1) is 40.6. The Hall–Kier alpha value is -5.47. The highest BCUT2D eigenvalue weighted by Gasteiger charge is 2.39. The number of carboxylic acids is 4. The summed E-state index contributed by atoms with van der Waals surface area (Å²) in [5.41, 5.74) is 5.89. The smallest absolute Gasteiger partial charge is 0.481 e. The van der Waals surface area contributed by atoms with Gasteiger partial charge in [-0.15, -0.1) is 0 Å². The second kappa shape index (κ2) is 17.4. The number of hydrogen-bond donors (Lipinski definition) is 6. The highest BCUT2D eigenvalue weighted by atomic mass is 19.4. The number of nitrogens with zero attached hydrogens (tertiary/aromatic N) is 1. The number of amidine groups is 1. The fourth-order valence-corrected chi connectivity index (χ4v) is 3.85. The van der Waals surface area contributed by atoms with Gasteiger partial charge in [0.15, 0.2) is 5.78 Å². The molecule has 3 rings (SSSR count). The minimum Gasteiger partial charge on any atom is -0.481 e. The molecule has 0 saturated carbocycles. The molecule has 2 aromatic rings. The van der Waals surface area contributed by atoms with Gasteiger partial charge in [0.2, 0.25) is 5.76 Å². The van der Waals surface area contributed by atoms with Crippen molar-refractivity contribution in [3.05, 3.63) is 53.5 Å². The molecule has 0 amide bonds. The summed E-state index contributed by atoms with van der Waals surface area (Å²) in [7, 11) is 0. The summed E-state index contributed by atoms with van der Waals surface area (Å²) in [6.45, 7) is 0.809. The Kier molecular flexibility index (Phi) is 14.7. The molecule has 21 heteroatoms. The van der Waals surface area contributed by atoms with Gasteiger partial charge in [0.25, 0.3) is 0 Å². The van der Waals surface area contributed by atoms with Crippen LogP contribution >= 0.6 is 0 Å². The number of furan rings is 1. The molecule has 1 aliphatic heterocycles. The number of ketones is 1. The number of carbonyl (C=O) groups is 6. The molecule has 0 aliphatic carbocycles. The van der Waals surface area contributed by atoms with Crippen LogP contribution in [0, 0.1) is 11.3 Å². The van der Waals surface area contributed by atoms with E-state index in [-0.39, 0.29) is 36.1 Å². The van der Waals surface area contributed by atoms with Gasteiger partial charge >= 0.3 is 42.2 Å². The van der Waals surface area contributed by atoms with E-state index in [0.717, 1.165) is 6.42 Å². The number of benzene rings is 1. The normalized spacial score (nSPS) is 15.1. The van der Waals surface area contributed by atoms with Gasteiger partial charge in [-0.3, -0.25) is 24.7 Å². The van der Waals surface area contributed by atoms with Crippen molar-refractivity contribution >= 4 is 41.5 Å². The molecule has 264 valence electrons. The third-order valence-electron chi connectivity index (χ3n) is 6.04. The van der Waals surface area contributed by atoms with Gasteiger partial charge < -0.3 is 35.3 Å². The Morgan fingerprint density at radius 2 is 1.42 bits per heavy atom. The van der Waals surface area contributed by atoms with E-state index < -0.39 is 60.6 Å². The van der Waals surface area contributed by atoms with Crippen LogP contribution in [0.1, 0.15) is 47.6 Å². The molecule has 0 bridgehead atoms. The van der Waals surface area contributed by atoms with Crippen LogP contribution in [0.2, 0.25) is 0 Å². The predicted octanol–water partition coefficient (Wildman–Crippen LogP) is 3.15. The van der Waals surface area contributed by atoms with Gasteiger partial charge in [0.05, 0.1) is 24.9 Å². The molecular weight excluding hydrogens is 672 g/mol. The van der Waals surface area contributed by atoms with E-state index in [2.05, 4.69) is 0 Å². The maximum absolute atomic E-state index is 12.7. The largest absolute Gasteiger partial charge is 0.490 e. The lowest BCUT2D eigenvalue weighted by Gasteiger charge is -2.23. The van der Waals surface area contributed by atoms with Crippen molar-refractivity contribution < 1.29 is 84.7 Å². The summed E-state index contributed by atoms with van der Waals surface area (Å²) in [6.07, 6.45) is -9.89. The van der Waals surface area contributed by atoms with Crippen molar-refractivity contribution in [2.75, 3.05) is 6.54 Å². The van der Waals surface area contributed by atoms with E-state index in [9.17, 15) is 50.6 Å². The number of hydrogen-bond acceptors (Lipinski definition) is 10. The fourth-order valence-electron chi connectivity index (χ4n) is 3.85. The van der Waals surface area contributed by atoms with Crippen LogP contribution in [-0.2, 0) is 30.5 Å². The highest BCUT2D eigenvalue weighted by Crippen LogP contribution is 2.25. The first-order valence-electron chi connectivity index (χ1n) is 13.1. The van der Waals surface area contributed by atoms with Gasteiger partial charge in [-0.05, 0) is 55.8 Å². The highest BCUT2D eigenvalue weighted by molar-refractivity contribution is 5.95. The van der Waals surface area contributed by atoms with E-state index in [1.54, 1.807) is 18.2 Å². The average Bonchev–Trinajstić information content (AvgIpc) is 3.62. The van der Waals surface area contributed by atoms with Crippen molar-refractivity contribution in [2.24, 2.45) is 11.7 Å². The van der Waals surface area contributed by atoms with E-state index in [1.807, 2.05) is 4.90 Å². The SMILES string of the molecule is N=C(N)c1ccc(OC(=O)c2ccc(CN3CCC[C@H]3C(=O)C[C@@H](CC(=O)O)C(=O)O)o2)cc1.O=C(O)C(F)(F)F.O=C(O)C(F)(F)F. The number of alkyl halides is 6. The van der Waals surface area contributed by atoms with Crippen molar-refractivity contribution in [1.82, 2.24) is 4.90 Å². The summed E-state index contributed by atoms with van der Waals surface area (Å²) >= 11 is 0. The quantitative estimate of drug-likeness (QED) is 0.0648. The minimum atomic E-state index is -5.08. The number of esters is 1. The van der Waals surface area contributed by atoms with Crippen LogP contribution in [0.3, 0.4) is 0 Å². The lowest BCUT2D eigenvalue weighted by atomic mass is 9.94. The molecule has 2 atom stereocenters. The van der Waals surface area contributed by atoms with Crippen molar-refractivity contribution in [3.63, 3.8) is 0 Å². The van der Waals surface area contributed by atoms with Crippen molar-refractivity contribution in [3.8, 4) is 5.75 Å². The van der Waals surface area contributed by atoms with E-state index >= 15 is 0 Å². The molecule has 1 fully saturated rings. The van der Waals surface area contributed by atoms with E-state index in [0.29, 0.717) is 24.3 Å². The number of aliphatic carboxylic acids is 4. The predicted molar refractivity (Wildman–Crippen MR) is 145 cm³/mol. The van der Waals surface area contributed by atoms with Gasteiger partial charge in [-0.1, -0.05) is 0 Å². The summed E-state index contributed by atoms with van der Waals surface area (Å²) in [5.74, 6) is -9.86. The summed E-state index contributed by atoms with van der Waals surface area (Å²) in [5, 5.41) is 39.7. The number of nitrogens with two attached hydrogens (primary N) is 1. The van der Waals surface area contributed by atoms with Gasteiger partial charge in [0, 0.05) is 12.0 Å². The standard InChI is InChI=1S/C23H25N3O8.2C2HF3O2/c24-21(25)13-3-5-15(6-4-13)34-23(32)19-8-7-16(33-19)12-26-9-1-2-17(26)18(27)10-14(22(30)31)11-20(28)29;2*3-2(4,5)1(6)7/h3-8,14,17H,1-2,9-12H2,(H3,24,25)(H,28,29)(H,30,31);2*(H,6,7)/t14-,17-;;/m0../s1. The number of halogens is 6. The monoisotopic (exact) mass is 699 g/mol. The molecule has 7 N–H and O–H groups in total. The molecule has 1 aliphatic rings. The van der Waals surface area contributed by atoms with Crippen molar-refractivity contribution in [2.45, 2.75) is 50.6 Å². The van der Waals surface area contributed by atoms with Gasteiger partial charge in [0.1, 0.15) is 17.3 Å². The van der Waals surface area contributed by atoms with Crippen LogP contribution in [0.25, 0.3) is 0 Å². The summed E-state index contributed by atoms with van der Waals surface area (Å²) in [4.78, 5) is 66.9. The number of rotatable bonds is 11. The Labute approximate surface area is 265 Å². The maximum Gasteiger partial charge on any atom is 0.490 e. The second-order valence-corrected chi connectivity index (χ2v) is 9.63. The molecule has 1 aromatic carbocycles. The van der Waals surface area contributed by atoms with Crippen LogP contribution in [0.15, 0.2) is 40.8 Å². The zero-order valence-electron chi connectivity index (χ0n) is 24.2. The van der Waals surface area contributed by atoms with Crippen LogP contribution in [0.5, 0.6) is 5.75 Å². The van der Waals surface area contributed by atoms with E-state index in [1.165, 1.54) is 18.2 Å². The zero-order chi connectivity index (χ0) is 37.0. The number of nitrogen functional groups attached to an aromatic ring is 1.